The van der Waals surface area contributed by atoms with Gasteiger partial charge in [-0.1, -0.05) is 19.1 Å². The smallest absolute Gasteiger partial charge is 0.243 e. The summed E-state index contributed by atoms with van der Waals surface area (Å²) in [7, 11) is -3.33. The van der Waals surface area contributed by atoms with Crippen molar-refractivity contribution < 1.29 is 8.42 Å². The van der Waals surface area contributed by atoms with Crippen LogP contribution in [0.3, 0.4) is 0 Å². The number of sulfonamides is 1. The van der Waals surface area contributed by atoms with Gasteiger partial charge in [-0.2, -0.15) is 4.31 Å². The van der Waals surface area contributed by atoms with E-state index in [9.17, 15) is 8.42 Å². The van der Waals surface area contributed by atoms with E-state index in [2.05, 4.69) is 19.2 Å². The lowest BCUT2D eigenvalue weighted by Gasteiger charge is -2.26. The number of nitrogens with zero attached hydrogens (tertiary/aromatic N) is 1. The van der Waals surface area contributed by atoms with Gasteiger partial charge in [-0.15, -0.1) is 0 Å². The van der Waals surface area contributed by atoms with Crippen LogP contribution in [0.15, 0.2) is 29.2 Å². The van der Waals surface area contributed by atoms with E-state index in [-0.39, 0.29) is 12.1 Å². The van der Waals surface area contributed by atoms with Crippen LogP contribution < -0.4 is 5.32 Å². The molecule has 1 saturated carbocycles. The zero-order valence-corrected chi connectivity index (χ0v) is 13.6. The standard InChI is InChI=1S/C16H24N2O2S/c1-3-17-12(2)14-5-4-6-16(10-14)21(19,20)18-11-13-7-8-15(18)9-13/h4-6,10,12-13,15,17H,3,7-9,11H2,1-2H3. The fraction of sp³-hybridized carbons (Fsp3) is 0.625. The number of rotatable bonds is 5. The summed E-state index contributed by atoms with van der Waals surface area (Å²) in [5, 5.41) is 3.33. The van der Waals surface area contributed by atoms with E-state index in [4.69, 9.17) is 0 Å². The van der Waals surface area contributed by atoms with Crippen molar-refractivity contribution in [3.63, 3.8) is 0 Å². The van der Waals surface area contributed by atoms with Gasteiger partial charge in [0.05, 0.1) is 4.90 Å². The van der Waals surface area contributed by atoms with Gasteiger partial charge < -0.3 is 5.32 Å². The highest BCUT2D eigenvalue weighted by atomic mass is 32.2. The van der Waals surface area contributed by atoms with Crippen LogP contribution in [-0.4, -0.2) is 31.9 Å². The zero-order valence-electron chi connectivity index (χ0n) is 12.7. The average molecular weight is 308 g/mol. The molecule has 1 aliphatic carbocycles. The molecule has 2 bridgehead atoms. The second kappa shape index (κ2) is 5.71. The van der Waals surface area contributed by atoms with Crippen LogP contribution in [0.5, 0.6) is 0 Å². The Hall–Kier alpha value is -0.910. The molecule has 4 nitrogen and oxygen atoms in total. The quantitative estimate of drug-likeness (QED) is 0.909. The molecular formula is C16H24N2O2S. The number of hydrogen-bond acceptors (Lipinski definition) is 3. The fourth-order valence-electron chi connectivity index (χ4n) is 3.68. The fourth-order valence-corrected chi connectivity index (χ4v) is 5.48. The molecule has 1 N–H and O–H groups in total. The Labute approximate surface area is 127 Å². The monoisotopic (exact) mass is 308 g/mol. The van der Waals surface area contributed by atoms with Gasteiger partial charge in [-0.05, 0) is 56.3 Å². The van der Waals surface area contributed by atoms with Crippen LogP contribution in [0, 0.1) is 5.92 Å². The summed E-state index contributed by atoms with van der Waals surface area (Å²) >= 11 is 0. The van der Waals surface area contributed by atoms with Gasteiger partial charge in [0.2, 0.25) is 10.0 Å². The van der Waals surface area contributed by atoms with E-state index >= 15 is 0 Å². The van der Waals surface area contributed by atoms with E-state index in [1.165, 1.54) is 6.42 Å². The Morgan fingerprint density at radius 3 is 2.81 bits per heavy atom. The Balaban J connectivity index is 1.87. The van der Waals surface area contributed by atoms with E-state index in [1.807, 2.05) is 18.2 Å². The molecule has 1 saturated heterocycles. The van der Waals surface area contributed by atoms with Crippen LogP contribution >= 0.6 is 0 Å². The number of nitrogens with one attached hydrogen (secondary N) is 1. The van der Waals surface area contributed by atoms with Crippen LogP contribution in [0.1, 0.15) is 44.7 Å². The van der Waals surface area contributed by atoms with Gasteiger partial charge in [0.15, 0.2) is 0 Å². The molecular weight excluding hydrogens is 284 g/mol. The molecule has 0 amide bonds. The third-order valence-electron chi connectivity index (χ3n) is 4.83. The van der Waals surface area contributed by atoms with E-state index in [1.54, 1.807) is 10.4 Å². The van der Waals surface area contributed by atoms with Crippen molar-refractivity contribution >= 4 is 10.0 Å². The number of piperidine rings is 1. The summed E-state index contributed by atoms with van der Waals surface area (Å²) < 4.78 is 27.5. The molecule has 21 heavy (non-hydrogen) atoms. The predicted octanol–water partition coefficient (Wildman–Crippen LogP) is 2.53. The van der Waals surface area contributed by atoms with E-state index in [0.29, 0.717) is 17.4 Å². The molecule has 116 valence electrons. The van der Waals surface area contributed by atoms with Crippen molar-refractivity contribution in [2.75, 3.05) is 13.1 Å². The lowest BCUT2D eigenvalue weighted by Crippen LogP contribution is -2.37. The van der Waals surface area contributed by atoms with Gasteiger partial charge in [0.1, 0.15) is 0 Å². The minimum atomic E-state index is -3.33. The van der Waals surface area contributed by atoms with Gasteiger partial charge in [-0.3, -0.25) is 0 Å². The Kier molecular flexibility index (Phi) is 4.08. The molecule has 1 aromatic rings. The zero-order chi connectivity index (χ0) is 15.0. The first-order chi connectivity index (χ1) is 10.0. The minimum absolute atomic E-state index is 0.167. The maximum Gasteiger partial charge on any atom is 0.243 e. The molecule has 1 heterocycles. The average Bonchev–Trinajstić information content (AvgIpc) is 3.10. The van der Waals surface area contributed by atoms with Crippen molar-refractivity contribution in [3.8, 4) is 0 Å². The van der Waals surface area contributed by atoms with Crippen molar-refractivity contribution in [3.05, 3.63) is 29.8 Å². The molecule has 1 aromatic carbocycles. The molecule has 3 rings (SSSR count). The minimum Gasteiger partial charge on any atom is -0.310 e. The lowest BCUT2D eigenvalue weighted by molar-refractivity contribution is 0.333. The summed E-state index contributed by atoms with van der Waals surface area (Å²) in [6.45, 7) is 5.69. The highest BCUT2D eigenvalue weighted by molar-refractivity contribution is 7.89. The lowest BCUT2D eigenvalue weighted by atomic mass is 10.1. The summed E-state index contributed by atoms with van der Waals surface area (Å²) in [5.41, 5.74) is 1.03. The second-order valence-corrected chi connectivity index (χ2v) is 8.15. The summed E-state index contributed by atoms with van der Waals surface area (Å²) in [5.74, 6) is 0.577. The van der Waals surface area contributed by atoms with Gasteiger partial charge in [0.25, 0.3) is 0 Å². The van der Waals surface area contributed by atoms with Crippen molar-refractivity contribution in [1.29, 1.82) is 0 Å². The number of benzene rings is 1. The van der Waals surface area contributed by atoms with Crippen molar-refractivity contribution in [2.45, 2.75) is 50.1 Å². The summed E-state index contributed by atoms with van der Waals surface area (Å²) in [6.07, 6.45) is 3.26. The number of fused-ring (bicyclic) bond motifs is 2. The van der Waals surface area contributed by atoms with Crippen LogP contribution in [0.2, 0.25) is 0 Å². The Bertz CT molecular complexity index is 614. The van der Waals surface area contributed by atoms with Crippen LogP contribution in [0.4, 0.5) is 0 Å². The maximum atomic E-state index is 12.9. The van der Waals surface area contributed by atoms with Gasteiger partial charge in [-0.25, -0.2) is 8.42 Å². The highest BCUT2D eigenvalue weighted by Crippen LogP contribution is 2.40. The van der Waals surface area contributed by atoms with Crippen molar-refractivity contribution in [2.24, 2.45) is 5.92 Å². The first kappa shape index (κ1) is 15.0. The predicted molar refractivity (Wildman–Crippen MR) is 83.6 cm³/mol. The topological polar surface area (TPSA) is 49.4 Å². The molecule has 1 aliphatic heterocycles. The third kappa shape index (κ3) is 2.74. The summed E-state index contributed by atoms with van der Waals surface area (Å²) in [6, 6.07) is 7.79. The van der Waals surface area contributed by atoms with E-state index in [0.717, 1.165) is 24.9 Å². The molecule has 0 spiro atoms. The van der Waals surface area contributed by atoms with Gasteiger partial charge >= 0.3 is 0 Å². The Morgan fingerprint density at radius 1 is 1.38 bits per heavy atom. The van der Waals surface area contributed by atoms with Crippen molar-refractivity contribution in [1.82, 2.24) is 9.62 Å². The molecule has 2 fully saturated rings. The van der Waals surface area contributed by atoms with Gasteiger partial charge in [0, 0.05) is 18.6 Å². The molecule has 2 aliphatic rings. The SMILES string of the molecule is CCNC(C)c1cccc(S(=O)(=O)N2CC3CCC2C3)c1. The van der Waals surface area contributed by atoms with Crippen LogP contribution in [-0.2, 0) is 10.0 Å². The Morgan fingerprint density at radius 2 is 2.19 bits per heavy atom. The second-order valence-electron chi connectivity index (χ2n) is 6.26. The first-order valence-electron chi connectivity index (χ1n) is 7.87. The highest BCUT2D eigenvalue weighted by Gasteiger charge is 2.44. The van der Waals surface area contributed by atoms with E-state index < -0.39 is 10.0 Å². The molecule has 5 heteroatoms. The maximum absolute atomic E-state index is 12.9. The normalized spacial score (nSPS) is 27.1. The molecule has 0 aromatic heterocycles. The number of hydrogen-bond donors (Lipinski definition) is 1. The third-order valence-corrected chi connectivity index (χ3v) is 6.75. The largest absolute Gasteiger partial charge is 0.310 e. The first-order valence-corrected chi connectivity index (χ1v) is 9.31. The molecule has 3 unspecified atom stereocenters. The summed E-state index contributed by atoms with van der Waals surface area (Å²) in [4.78, 5) is 0.442. The molecule has 0 radical (unpaired) electrons. The molecule has 3 atom stereocenters. The van der Waals surface area contributed by atoms with Crippen LogP contribution in [0.25, 0.3) is 0 Å².